The highest BCUT2D eigenvalue weighted by molar-refractivity contribution is 6.30. The van der Waals surface area contributed by atoms with Crippen molar-refractivity contribution >= 4 is 23.2 Å². The minimum atomic E-state index is 0. The summed E-state index contributed by atoms with van der Waals surface area (Å²) in [4.78, 5) is 3.48. The van der Waals surface area contributed by atoms with Gasteiger partial charge in [0.2, 0.25) is 0 Å². The van der Waals surface area contributed by atoms with E-state index in [1.807, 2.05) is 78.9 Å². The van der Waals surface area contributed by atoms with Gasteiger partial charge in [-0.3, -0.25) is 0 Å². The molecule has 4 rings (SSSR count). The maximum Gasteiger partial charge on any atom is 0.340 e. The Morgan fingerprint density at radius 1 is 0.731 bits per heavy atom. The van der Waals surface area contributed by atoms with E-state index in [9.17, 15) is 0 Å². The molecule has 4 nitrogen and oxygen atoms in total. The number of tetrazole rings is 1. The van der Waals surface area contributed by atoms with Gasteiger partial charge in [0.05, 0.1) is 10.7 Å². The zero-order chi connectivity index (χ0) is 17.2. The van der Waals surface area contributed by atoms with Crippen LogP contribution < -0.4 is 17.2 Å². The van der Waals surface area contributed by atoms with Crippen LogP contribution in [0.1, 0.15) is 0 Å². The van der Waals surface area contributed by atoms with Crippen LogP contribution >= 0.6 is 23.2 Å². The SMILES string of the molecule is Clc1ccc(-n2nc(-c3ccccc3)n[n+]2-c2ccc(Cl)cc2)cc1.[Cl-]. The Balaban J connectivity index is 0.00000196. The zero-order valence-electron chi connectivity index (χ0n) is 13.4. The summed E-state index contributed by atoms with van der Waals surface area (Å²) in [6.45, 7) is 0. The Morgan fingerprint density at radius 3 is 1.92 bits per heavy atom. The van der Waals surface area contributed by atoms with Gasteiger partial charge in [-0.25, -0.2) is 0 Å². The van der Waals surface area contributed by atoms with Crippen LogP contribution in [0, 0.1) is 0 Å². The Labute approximate surface area is 167 Å². The molecule has 4 aromatic rings. The van der Waals surface area contributed by atoms with E-state index >= 15 is 0 Å². The van der Waals surface area contributed by atoms with Crippen LogP contribution in [0.15, 0.2) is 78.9 Å². The summed E-state index contributed by atoms with van der Waals surface area (Å²) in [5, 5.41) is 10.7. The predicted octanol–water partition coefficient (Wildman–Crippen LogP) is 1.52. The lowest BCUT2D eigenvalue weighted by atomic mass is 10.2. The van der Waals surface area contributed by atoms with Gasteiger partial charge in [-0.2, -0.15) is 0 Å². The number of hydrogen-bond donors (Lipinski definition) is 0. The number of hydrogen-bond acceptors (Lipinski definition) is 2. The average Bonchev–Trinajstić information content (AvgIpc) is 3.09. The van der Waals surface area contributed by atoms with Crippen LogP contribution in [0.2, 0.25) is 10.0 Å². The fraction of sp³-hybridized carbons (Fsp3) is 0. The zero-order valence-corrected chi connectivity index (χ0v) is 15.7. The van der Waals surface area contributed by atoms with Gasteiger partial charge >= 0.3 is 5.82 Å². The smallest absolute Gasteiger partial charge is 0.340 e. The van der Waals surface area contributed by atoms with Crippen molar-refractivity contribution in [1.29, 1.82) is 0 Å². The first kappa shape index (κ1) is 18.4. The number of nitrogens with zero attached hydrogens (tertiary/aromatic N) is 4. The van der Waals surface area contributed by atoms with Crippen LogP contribution in [0.4, 0.5) is 0 Å². The largest absolute Gasteiger partial charge is 1.00 e. The highest BCUT2D eigenvalue weighted by Crippen LogP contribution is 2.17. The Morgan fingerprint density at radius 2 is 1.31 bits per heavy atom. The fourth-order valence-electron chi connectivity index (χ4n) is 2.47. The minimum absolute atomic E-state index is 0. The number of rotatable bonds is 3. The summed E-state index contributed by atoms with van der Waals surface area (Å²) in [7, 11) is 0. The van der Waals surface area contributed by atoms with E-state index in [4.69, 9.17) is 23.2 Å². The van der Waals surface area contributed by atoms with Gasteiger partial charge in [0, 0.05) is 14.8 Å². The van der Waals surface area contributed by atoms with E-state index < -0.39 is 0 Å². The molecule has 0 saturated heterocycles. The van der Waals surface area contributed by atoms with Crippen LogP contribution in [0.5, 0.6) is 0 Å². The molecule has 0 aliphatic heterocycles. The van der Waals surface area contributed by atoms with Gasteiger partial charge in [0.15, 0.2) is 5.69 Å². The standard InChI is InChI=1S/C19H13Cl2N4.ClH/c20-15-6-10-17(11-7-15)24-22-19(14-4-2-1-3-5-14)23-25(24)18-12-8-16(21)9-13-18;/h1-13H;1H/q+1;/p-1. The van der Waals surface area contributed by atoms with Gasteiger partial charge in [0.1, 0.15) is 5.69 Å². The molecule has 0 bridgehead atoms. The summed E-state index contributed by atoms with van der Waals surface area (Å²) in [5.74, 6) is 0.630. The van der Waals surface area contributed by atoms with E-state index in [2.05, 4.69) is 10.2 Å². The average molecular weight is 404 g/mol. The highest BCUT2D eigenvalue weighted by Gasteiger charge is 2.23. The Hall–Kier alpha value is -2.40. The van der Waals surface area contributed by atoms with Crippen molar-refractivity contribution in [3.63, 3.8) is 0 Å². The third kappa shape index (κ3) is 3.73. The monoisotopic (exact) mass is 402 g/mol. The molecule has 130 valence electrons. The summed E-state index contributed by atoms with van der Waals surface area (Å²) in [6, 6.07) is 24.8. The molecule has 1 aromatic heterocycles. The van der Waals surface area contributed by atoms with Crippen molar-refractivity contribution in [3.05, 3.63) is 88.9 Å². The van der Waals surface area contributed by atoms with Gasteiger partial charge in [0.25, 0.3) is 0 Å². The molecule has 0 aliphatic rings. The lowest BCUT2D eigenvalue weighted by Gasteiger charge is -2.00. The second-order valence-corrected chi connectivity index (χ2v) is 6.29. The van der Waals surface area contributed by atoms with Gasteiger partial charge in [-0.05, 0) is 70.6 Å². The van der Waals surface area contributed by atoms with Crippen molar-refractivity contribution in [3.8, 4) is 22.8 Å². The van der Waals surface area contributed by atoms with Crippen molar-refractivity contribution in [1.82, 2.24) is 15.0 Å². The van der Waals surface area contributed by atoms with Gasteiger partial charge < -0.3 is 12.4 Å². The molecule has 26 heavy (non-hydrogen) atoms. The Kier molecular flexibility index (Phi) is 5.57. The van der Waals surface area contributed by atoms with E-state index in [1.54, 1.807) is 9.59 Å². The maximum atomic E-state index is 6.01. The number of aromatic nitrogens is 4. The van der Waals surface area contributed by atoms with E-state index in [-0.39, 0.29) is 12.4 Å². The third-order valence-electron chi connectivity index (χ3n) is 3.71. The summed E-state index contributed by atoms with van der Waals surface area (Å²) >= 11 is 12.0. The van der Waals surface area contributed by atoms with Crippen molar-refractivity contribution in [2.45, 2.75) is 0 Å². The normalized spacial score (nSPS) is 10.4. The van der Waals surface area contributed by atoms with E-state index in [1.165, 1.54) is 0 Å². The molecular formula is C19H13Cl3N4. The molecule has 0 atom stereocenters. The summed E-state index contributed by atoms with van der Waals surface area (Å²) < 4.78 is 0. The second-order valence-electron chi connectivity index (χ2n) is 5.42. The molecule has 0 aliphatic carbocycles. The molecule has 3 aromatic carbocycles. The molecule has 0 spiro atoms. The quantitative estimate of drug-likeness (QED) is 0.486. The van der Waals surface area contributed by atoms with Crippen LogP contribution in [-0.2, 0) is 0 Å². The van der Waals surface area contributed by atoms with Crippen molar-refractivity contribution in [2.24, 2.45) is 0 Å². The highest BCUT2D eigenvalue weighted by atomic mass is 35.5. The molecular weight excluding hydrogens is 391 g/mol. The molecule has 0 radical (unpaired) electrons. The minimum Gasteiger partial charge on any atom is -1.00 e. The molecule has 7 heteroatoms. The molecule has 0 fully saturated rings. The lowest BCUT2D eigenvalue weighted by Crippen LogP contribution is -3.00. The first-order valence-electron chi connectivity index (χ1n) is 7.68. The second kappa shape index (κ2) is 7.87. The number of benzene rings is 3. The number of halogens is 3. The molecule has 0 N–H and O–H groups in total. The van der Waals surface area contributed by atoms with Gasteiger partial charge in [-0.1, -0.05) is 41.4 Å². The van der Waals surface area contributed by atoms with Crippen molar-refractivity contribution < 1.29 is 17.2 Å². The lowest BCUT2D eigenvalue weighted by molar-refractivity contribution is -0.734. The van der Waals surface area contributed by atoms with E-state index in [0.717, 1.165) is 16.9 Å². The molecule has 0 saturated carbocycles. The van der Waals surface area contributed by atoms with Gasteiger partial charge in [-0.15, -0.1) is 0 Å². The first-order valence-corrected chi connectivity index (χ1v) is 8.43. The molecule has 1 heterocycles. The Bertz CT molecular complexity index is 934. The van der Waals surface area contributed by atoms with E-state index in [0.29, 0.717) is 15.9 Å². The van der Waals surface area contributed by atoms with Crippen molar-refractivity contribution in [2.75, 3.05) is 0 Å². The predicted molar refractivity (Wildman–Crippen MR) is 98.3 cm³/mol. The van der Waals surface area contributed by atoms with Crippen LogP contribution in [-0.4, -0.2) is 15.0 Å². The summed E-state index contributed by atoms with van der Waals surface area (Å²) in [5.41, 5.74) is 2.65. The fourth-order valence-corrected chi connectivity index (χ4v) is 2.72. The third-order valence-corrected chi connectivity index (χ3v) is 4.21. The molecule has 0 unspecified atom stereocenters. The molecule has 0 amide bonds. The topological polar surface area (TPSA) is 34.6 Å². The first-order chi connectivity index (χ1) is 12.2. The van der Waals surface area contributed by atoms with Crippen LogP contribution in [0.3, 0.4) is 0 Å². The van der Waals surface area contributed by atoms with Crippen LogP contribution in [0.25, 0.3) is 22.8 Å². The maximum absolute atomic E-state index is 6.01. The summed E-state index contributed by atoms with van der Waals surface area (Å²) in [6.07, 6.45) is 0.